The van der Waals surface area contributed by atoms with E-state index in [0.717, 1.165) is 21.8 Å². The van der Waals surface area contributed by atoms with E-state index in [1.807, 2.05) is 37.3 Å². The van der Waals surface area contributed by atoms with Crippen molar-refractivity contribution >= 4 is 39.7 Å². The predicted molar refractivity (Wildman–Crippen MR) is 125 cm³/mol. The summed E-state index contributed by atoms with van der Waals surface area (Å²) in [7, 11) is 0. The molecule has 0 atom stereocenters. The first-order chi connectivity index (χ1) is 15.0. The Hall–Kier alpha value is -3.98. The quantitative estimate of drug-likeness (QED) is 0.340. The number of aromatic nitrogens is 3. The van der Waals surface area contributed by atoms with Crippen LogP contribution in [0.1, 0.15) is 21.6 Å². The molecule has 0 spiro atoms. The monoisotopic (exact) mass is 431 g/mol. The molecule has 6 N–H and O–H groups in total. The van der Waals surface area contributed by atoms with Gasteiger partial charge < -0.3 is 22.1 Å². The molecule has 0 aliphatic heterocycles. The van der Waals surface area contributed by atoms with Crippen LogP contribution in [-0.2, 0) is 6.54 Å². The van der Waals surface area contributed by atoms with E-state index in [1.165, 1.54) is 11.3 Å². The fourth-order valence-corrected chi connectivity index (χ4v) is 3.79. The van der Waals surface area contributed by atoms with Crippen LogP contribution in [0.4, 0.5) is 22.5 Å². The van der Waals surface area contributed by atoms with Gasteiger partial charge in [0.1, 0.15) is 0 Å². The van der Waals surface area contributed by atoms with Crippen molar-refractivity contribution in [3.05, 3.63) is 77.6 Å². The van der Waals surface area contributed by atoms with E-state index in [-0.39, 0.29) is 5.91 Å². The van der Waals surface area contributed by atoms with Crippen molar-refractivity contribution in [3.8, 4) is 10.6 Å². The van der Waals surface area contributed by atoms with Gasteiger partial charge in [-0.1, -0.05) is 35.6 Å². The molecule has 2 aromatic heterocycles. The number of nitrogen functional groups attached to an aromatic ring is 2. The number of anilines is 4. The van der Waals surface area contributed by atoms with Gasteiger partial charge in [0.2, 0.25) is 5.95 Å². The molecule has 2 heterocycles. The molecule has 156 valence electrons. The maximum absolute atomic E-state index is 12.4. The molecule has 31 heavy (non-hydrogen) atoms. The van der Waals surface area contributed by atoms with Crippen LogP contribution in [0.25, 0.3) is 10.6 Å². The number of carbonyl (C=O) groups excluding carboxylic acids is 1. The van der Waals surface area contributed by atoms with Crippen LogP contribution in [-0.4, -0.2) is 20.9 Å². The average Bonchev–Trinajstić information content (AvgIpc) is 3.12. The predicted octanol–water partition coefficient (Wildman–Crippen LogP) is 3.94. The zero-order valence-electron chi connectivity index (χ0n) is 16.8. The van der Waals surface area contributed by atoms with Crippen molar-refractivity contribution in [1.82, 2.24) is 15.0 Å². The molecular weight excluding hydrogens is 410 g/mol. The largest absolute Gasteiger partial charge is 0.397 e. The summed E-state index contributed by atoms with van der Waals surface area (Å²) >= 11 is 1.40. The molecule has 8 nitrogen and oxygen atoms in total. The van der Waals surface area contributed by atoms with Crippen molar-refractivity contribution in [1.29, 1.82) is 0 Å². The second-order valence-electron chi connectivity index (χ2n) is 6.82. The Labute approximate surface area is 183 Å². The second-order valence-corrected chi connectivity index (χ2v) is 7.85. The van der Waals surface area contributed by atoms with Gasteiger partial charge in [0.05, 0.1) is 27.6 Å². The molecule has 4 aromatic rings. The number of nitrogens with two attached hydrogens (primary N) is 2. The molecule has 0 bridgehead atoms. The molecular formula is C22H21N7OS. The van der Waals surface area contributed by atoms with Crippen LogP contribution in [0.2, 0.25) is 0 Å². The first kappa shape index (κ1) is 20.3. The lowest BCUT2D eigenvalue weighted by Crippen LogP contribution is -2.13. The minimum atomic E-state index is -0.215. The molecule has 0 unspecified atom stereocenters. The van der Waals surface area contributed by atoms with Crippen LogP contribution in [0.15, 0.2) is 60.8 Å². The first-order valence-electron chi connectivity index (χ1n) is 9.54. The number of hydrogen-bond donors (Lipinski definition) is 4. The normalized spacial score (nSPS) is 10.6. The van der Waals surface area contributed by atoms with Crippen LogP contribution < -0.4 is 22.1 Å². The van der Waals surface area contributed by atoms with Crippen molar-refractivity contribution in [3.63, 3.8) is 0 Å². The van der Waals surface area contributed by atoms with Crippen molar-refractivity contribution in [2.24, 2.45) is 0 Å². The molecule has 4 rings (SSSR count). The summed E-state index contributed by atoms with van der Waals surface area (Å²) in [5.41, 5.74) is 15.9. The van der Waals surface area contributed by atoms with Crippen LogP contribution in [0.3, 0.4) is 0 Å². The first-order valence-corrected chi connectivity index (χ1v) is 10.4. The third kappa shape index (κ3) is 4.78. The third-order valence-corrected chi connectivity index (χ3v) is 5.59. The van der Waals surface area contributed by atoms with Crippen LogP contribution in [0.5, 0.6) is 0 Å². The van der Waals surface area contributed by atoms with E-state index < -0.39 is 0 Å². The van der Waals surface area contributed by atoms with Gasteiger partial charge in [-0.25, -0.2) is 15.0 Å². The minimum absolute atomic E-state index is 0.215. The highest BCUT2D eigenvalue weighted by molar-refractivity contribution is 7.18. The van der Waals surface area contributed by atoms with Gasteiger partial charge in [-0.2, -0.15) is 0 Å². The van der Waals surface area contributed by atoms with Gasteiger partial charge in [-0.3, -0.25) is 4.79 Å². The highest BCUT2D eigenvalue weighted by Crippen LogP contribution is 2.30. The number of para-hydroxylation sites is 2. The Morgan fingerprint density at radius 2 is 1.81 bits per heavy atom. The number of thiazole rings is 1. The summed E-state index contributed by atoms with van der Waals surface area (Å²) in [5, 5.41) is 6.54. The molecule has 0 saturated carbocycles. The number of amides is 1. The van der Waals surface area contributed by atoms with Gasteiger partial charge in [0.25, 0.3) is 5.91 Å². The second kappa shape index (κ2) is 8.80. The van der Waals surface area contributed by atoms with E-state index in [1.54, 1.807) is 30.5 Å². The fraction of sp³-hybridized carbons (Fsp3) is 0.0909. The standard InChI is InChI=1S/C22H21N7OS/c1-13-19(31-21(24)27-13)18-10-11-25-22(29-18)26-12-14-6-8-15(9-7-14)20(30)28-17-5-3-2-4-16(17)23/h2-11H,12,23H2,1H3,(H2,24,27)(H,28,30)(H,25,26,29). The number of nitrogens with one attached hydrogen (secondary N) is 2. The van der Waals surface area contributed by atoms with E-state index >= 15 is 0 Å². The Morgan fingerprint density at radius 3 is 2.52 bits per heavy atom. The van der Waals surface area contributed by atoms with E-state index in [9.17, 15) is 4.79 Å². The topological polar surface area (TPSA) is 132 Å². The van der Waals surface area contributed by atoms with Gasteiger partial charge in [0.15, 0.2) is 5.13 Å². The van der Waals surface area contributed by atoms with Crippen LogP contribution in [0, 0.1) is 6.92 Å². The molecule has 0 aliphatic rings. The van der Waals surface area contributed by atoms with E-state index in [2.05, 4.69) is 25.6 Å². The maximum Gasteiger partial charge on any atom is 0.255 e. The fourth-order valence-electron chi connectivity index (χ4n) is 2.99. The van der Waals surface area contributed by atoms with Gasteiger partial charge in [-0.05, 0) is 42.8 Å². The summed E-state index contributed by atoms with van der Waals surface area (Å²) in [4.78, 5) is 26.4. The number of benzene rings is 2. The van der Waals surface area contributed by atoms with E-state index in [0.29, 0.717) is 34.6 Å². The highest BCUT2D eigenvalue weighted by atomic mass is 32.1. The lowest BCUT2D eigenvalue weighted by Gasteiger charge is -2.09. The lowest BCUT2D eigenvalue weighted by molar-refractivity contribution is 0.102. The van der Waals surface area contributed by atoms with Gasteiger partial charge in [-0.15, -0.1) is 0 Å². The maximum atomic E-state index is 12.4. The number of carbonyl (C=O) groups is 1. The minimum Gasteiger partial charge on any atom is -0.397 e. The van der Waals surface area contributed by atoms with Crippen molar-refractivity contribution in [2.45, 2.75) is 13.5 Å². The molecule has 0 radical (unpaired) electrons. The zero-order valence-corrected chi connectivity index (χ0v) is 17.6. The van der Waals surface area contributed by atoms with Gasteiger partial charge >= 0.3 is 0 Å². The number of aryl methyl sites for hydroxylation is 1. The molecule has 9 heteroatoms. The van der Waals surface area contributed by atoms with Crippen LogP contribution >= 0.6 is 11.3 Å². The summed E-state index contributed by atoms with van der Waals surface area (Å²) in [6, 6.07) is 16.3. The van der Waals surface area contributed by atoms with E-state index in [4.69, 9.17) is 11.5 Å². The summed E-state index contributed by atoms with van der Waals surface area (Å²) in [6.07, 6.45) is 1.70. The molecule has 0 saturated heterocycles. The highest BCUT2D eigenvalue weighted by Gasteiger charge is 2.11. The Kier molecular flexibility index (Phi) is 5.76. The van der Waals surface area contributed by atoms with Crippen molar-refractivity contribution < 1.29 is 4.79 Å². The van der Waals surface area contributed by atoms with Gasteiger partial charge in [0, 0.05) is 18.3 Å². The summed E-state index contributed by atoms with van der Waals surface area (Å²) in [6.45, 7) is 2.42. The molecule has 0 fully saturated rings. The number of hydrogen-bond acceptors (Lipinski definition) is 8. The molecule has 1 amide bonds. The Morgan fingerprint density at radius 1 is 1.03 bits per heavy atom. The Balaban J connectivity index is 1.40. The Bertz CT molecular complexity index is 1220. The van der Waals surface area contributed by atoms with Crippen molar-refractivity contribution in [2.75, 3.05) is 22.1 Å². The SMILES string of the molecule is Cc1nc(N)sc1-c1ccnc(NCc2ccc(C(=O)Nc3ccccc3N)cc2)n1. The molecule has 2 aromatic carbocycles. The molecule has 0 aliphatic carbocycles. The third-order valence-electron chi connectivity index (χ3n) is 4.58. The number of nitrogens with zero attached hydrogens (tertiary/aromatic N) is 3. The lowest BCUT2D eigenvalue weighted by atomic mass is 10.1. The average molecular weight is 432 g/mol. The summed E-state index contributed by atoms with van der Waals surface area (Å²) < 4.78 is 0. The smallest absolute Gasteiger partial charge is 0.255 e. The number of rotatable bonds is 6. The zero-order chi connectivity index (χ0) is 21.8. The summed E-state index contributed by atoms with van der Waals surface area (Å²) in [5.74, 6) is 0.290.